The van der Waals surface area contributed by atoms with Crippen molar-refractivity contribution in [2.24, 2.45) is 0 Å². The average molecular weight is 460 g/mol. The Balaban J connectivity index is 1.63. The SMILES string of the molecule is COc1ccc(-n2c(SCC(=O)NC[C@H]3CCCO3)nc3ccccc3c2=O)cc1Cl. The maximum Gasteiger partial charge on any atom is 0.266 e. The number of carbonyl (C=O) groups is 1. The Hall–Kier alpha value is -2.55. The number of nitrogens with one attached hydrogen (secondary N) is 1. The van der Waals surface area contributed by atoms with Crippen molar-refractivity contribution >= 4 is 40.2 Å². The number of nitrogens with zero attached hydrogens (tertiary/aromatic N) is 2. The van der Waals surface area contributed by atoms with Crippen LogP contribution < -0.4 is 15.6 Å². The standard InChI is InChI=1S/C22H22ClN3O4S/c1-29-19-9-8-14(11-17(19)23)26-21(28)16-6-2-3-7-18(16)25-22(26)31-13-20(27)24-12-15-5-4-10-30-15/h2-3,6-9,11,15H,4-5,10,12-13H2,1H3,(H,24,27)/t15-/m1/s1. The second kappa shape index (κ2) is 9.72. The largest absolute Gasteiger partial charge is 0.495 e. The zero-order valence-electron chi connectivity index (χ0n) is 17.0. The highest BCUT2D eigenvalue weighted by Gasteiger charge is 2.18. The fourth-order valence-electron chi connectivity index (χ4n) is 3.45. The molecule has 0 aliphatic carbocycles. The molecule has 1 amide bonds. The third-order valence-electron chi connectivity index (χ3n) is 5.02. The highest BCUT2D eigenvalue weighted by molar-refractivity contribution is 7.99. The Morgan fingerprint density at radius 1 is 1.35 bits per heavy atom. The summed E-state index contributed by atoms with van der Waals surface area (Å²) >= 11 is 7.49. The van der Waals surface area contributed by atoms with Crippen LogP contribution in [0.15, 0.2) is 52.4 Å². The molecule has 0 spiro atoms. The number of hydrogen-bond donors (Lipinski definition) is 1. The van der Waals surface area contributed by atoms with Gasteiger partial charge in [0.2, 0.25) is 5.91 Å². The van der Waals surface area contributed by atoms with E-state index in [2.05, 4.69) is 10.3 Å². The lowest BCUT2D eigenvalue weighted by Gasteiger charge is -2.15. The zero-order chi connectivity index (χ0) is 21.8. The van der Waals surface area contributed by atoms with Crippen molar-refractivity contribution in [2.75, 3.05) is 26.0 Å². The summed E-state index contributed by atoms with van der Waals surface area (Å²) in [6.07, 6.45) is 2.05. The van der Waals surface area contributed by atoms with Gasteiger partial charge in [-0.05, 0) is 43.2 Å². The molecule has 3 aromatic rings. The van der Waals surface area contributed by atoms with E-state index < -0.39 is 0 Å². The van der Waals surface area contributed by atoms with Crippen LogP contribution in [0.5, 0.6) is 5.75 Å². The van der Waals surface area contributed by atoms with Crippen LogP contribution in [0.4, 0.5) is 0 Å². The average Bonchev–Trinajstić information content (AvgIpc) is 3.30. The van der Waals surface area contributed by atoms with E-state index in [-0.39, 0.29) is 23.3 Å². The lowest BCUT2D eigenvalue weighted by molar-refractivity contribution is -0.119. The number of aromatic nitrogens is 2. The Kier molecular flexibility index (Phi) is 6.80. The highest BCUT2D eigenvalue weighted by atomic mass is 35.5. The number of amides is 1. The fraction of sp³-hybridized carbons (Fsp3) is 0.318. The van der Waals surface area contributed by atoms with E-state index in [0.717, 1.165) is 19.4 Å². The molecule has 0 unspecified atom stereocenters. The van der Waals surface area contributed by atoms with Gasteiger partial charge < -0.3 is 14.8 Å². The van der Waals surface area contributed by atoms with E-state index >= 15 is 0 Å². The van der Waals surface area contributed by atoms with E-state index in [4.69, 9.17) is 21.1 Å². The minimum absolute atomic E-state index is 0.0763. The van der Waals surface area contributed by atoms with E-state index in [1.807, 2.05) is 6.07 Å². The molecular formula is C22H22ClN3O4S. The van der Waals surface area contributed by atoms with Crippen molar-refractivity contribution in [2.45, 2.75) is 24.1 Å². The van der Waals surface area contributed by atoms with Gasteiger partial charge in [0, 0.05) is 13.2 Å². The normalized spacial score (nSPS) is 15.9. The predicted molar refractivity (Wildman–Crippen MR) is 122 cm³/mol. The third-order valence-corrected chi connectivity index (χ3v) is 6.26. The number of carbonyl (C=O) groups excluding carboxylic acids is 1. The number of thioether (sulfide) groups is 1. The maximum absolute atomic E-state index is 13.3. The second-order valence-corrected chi connectivity index (χ2v) is 8.45. The van der Waals surface area contributed by atoms with E-state index in [9.17, 15) is 9.59 Å². The Bertz CT molecular complexity index is 1160. The van der Waals surface area contributed by atoms with Crippen LogP contribution in [-0.4, -0.2) is 47.6 Å². The highest BCUT2D eigenvalue weighted by Crippen LogP contribution is 2.28. The molecule has 1 N–H and O–H groups in total. The predicted octanol–water partition coefficient (Wildman–Crippen LogP) is 3.44. The van der Waals surface area contributed by atoms with Crippen LogP contribution in [0, 0.1) is 0 Å². The van der Waals surface area contributed by atoms with Gasteiger partial charge in [0.05, 0.1) is 40.6 Å². The summed E-state index contributed by atoms with van der Waals surface area (Å²) in [5, 5.41) is 4.17. The first-order valence-corrected chi connectivity index (χ1v) is 11.3. The molecule has 1 saturated heterocycles. The van der Waals surface area contributed by atoms with Gasteiger partial charge in [0.15, 0.2) is 5.16 Å². The maximum atomic E-state index is 13.3. The van der Waals surface area contributed by atoms with Gasteiger partial charge in [-0.15, -0.1) is 0 Å². The summed E-state index contributed by atoms with van der Waals surface area (Å²) in [5.41, 5.74) is 0.899. The molecule has 162 valence electrons. The molecular weight excluding hydrogens is 438 g/mol. The second-order valence-electron chi connectivity index (χ2n) is 7.10. The van der Waals surface area contributed by atoms with Gasteiger partial charge in [-0.25, -0.2) is 4.98 Å². The summed E-state index contributed by atoms with van der Waals surface area (Å²) in [4.78, 5) is 30.3. The number of rotatable bonds is 7. The van der Waals surface area contributed by atoms with Crippen molar-refractivity contribution in [3.8, 4) is 11.4 Å². The molecule has 1 aromatic heterocycles. The molecule has 1 aliphatic heterocycles. The molecule has 1 aliphatic rings. The number of ether oxygens (including phenoxy) is 2. The lowest BCUT2D eigenvalue weighted by atomic mass is 10.2. The number of methoxy groups -OCH3 is 1. The van der Waals surface area contributed by atoms with Crippen LogP contribution in [0.1, 0.15) is 12.8 Å². The molecule has 2 heterocycles. The topological polar surface area (TPSA) is 82.4 Å². The summed E-state index contributed by atoms with van der Waals surface area (Å²) in [7, 11) is 1.53. The molecule has 0 saturated carbocycles. The van der Waals surface area contributed by atoms with Crippen molar-refractivity contribution < 1.29 is 14.3 Å². The Labute approximate surface area is 188 Å². The lowest BCUT2D eigenvalue weighted by Crippen LogP contribution is -2.33. The first-order chi connectivity index (χ1) is 15.1. The van der Waals surface area contributed by atoms with Crippen LogP contribution in [0.3, 0.4) is 0 Å². The summed E-state index contributed by atoms with van der Waals surface area (Å²) in [6, 6.07) is 12.2. The molecule has 0 bridgehead atoms. The van der Waals surface area contributed by atoms with Crippen molar-refractivity contribution in [1.82, 2.24) is 14.9 Å². The van der Waals surface area contributed by atoms with Gasteiger partial charge in [-0.1, -0.05) is 35.5 Å². The Morgan fingerprint density at radius 2 is 2.19 bits per heavy atom. The first kappa shape index (κ1) is 21.7. The van der Waals surface area contributed by atoms with Gasteiger partial charge in [0.25, 0.3) is 5.56 Å². The van der Waals surface area contributed by atoms with Crippen LogP contribution in [0.25, 0.3) is 16.6 Å². The number of halogens is 1. The number of fused-ring (bicyclic) bond motifs is 1. The molecule has 7 nitrogen and oxygen atoms in total. The van der Waals surface area contributed by atoms with Crippen LogP contribution >= 0.6 is 23.4 Å². The molecule has 9 heteroatoms. The Morgan fingerprint density at radius 3 is 2.94 bits per heavy atom. The number of hydrogen-bond acceptors (Lipinski definition) is 6. The number of benzene rings is 2. The van der Waals surface area contributed by atoms with E-state index in [1.54, 1.807) is 36.4 Å². The third kappa shape index (κ3) is 4.87. The summed E-state index contributed by atoms with van der Waals surface area (Å²) in [6.45, 7) is 1.23. The minimum atomic E-state index is -0.228. The van der Waals surface area contributed by atoms with Crippen molar-refractivity contribution in [3.05, 3.63) is 57.8 Å². The van der Waals surface area contributed by atoms with Crippen LogP contribution in [-0.2, 0) is 9.53 Å². The molecule has 4 rings (SSSR count). The number of para-hydroxylation sites is 1. The fourth-order valence-corrected chi connectivity index (χ4v) is 4.54. The van der Waals surface area contributed by atoms with Gasteiger partial charge in [-0.2, -0.15) is 0 Å². The summed E-state index contributed by atoms with van der Waals surface area (Å²) < 4.78 is 12.2. The molecule has 1 fully saturated rings. The summed E-state index contributed by atoms with van der Waals surface area (Å²) in [5.74, 6) is 0.499. The van der Waals surface area contributed by atoms with Gasteiger partial charge in [0.1, 0.15) is 5.75 Å². The van der Waals surface area contributed by atoms with Gasteiger partial charge >= 0.3 is 0 Å². The monoisotopic (exact) mass is 459 g/mol. The van der Waals surface area contributed by atoms with Gasteiger partial charge in [-0.3, -0.25) is 14.2 Å². The molecule has 2 aromatic carbocycles. The van der Waals surface area contributed by atoms with Crippen LogP contribution in [0.2, 0.25) is 5.02 Å². The van der Waals surface area contributed by atoms with Crippen molar-refractivity contribution in [3.63, 3.8) is 0 Å². The van der Waals surface area contributed by atoms with E-state index in [1.165, 1.54) is 23.4 Å². The smallest absolute Gasteiger partial charge is 0.266 e. The first-order valence-electron chi connectivity index (χ1n) is 9.93. The molecule has 1 atom stereocenters. The quantitative estimate of drug-likeness (QED) is 0.430. The van der Waals surface area contributed by atoms with E-state index in [0.29, 0.717) is 39.1 Å². The molecule has 0 radical (unpaired) electrons. The zero-order valence-corrected chi connectivity index (χ0v) is 18.5. The van der Waals surface area contributed by atoms with Crippen molar-refractivity contribution in [1.29, 1.82) is 0 Å². The minimum Gasteiger partial charge on any atom is -0.495 e. The molecule has 31 heavy (non-hydrogen) atoms.